The molecule has 2 atom stereocenters. The topological polar surface area (TPSA) is 191 Å². The Kier molecular flexibility index (Phi) is 13.9. The summed E-state index contributed by atoms with van der Waals surface area (Å²) in [5, 5.41) is 12.5. The van der Waals surface area contributed by atoms with Crippen LogP contribution in [0.4, 0.5) is 21.0 Å². The molecule has 1 heterocycles. The van der Waals surface area contributed by atoms with Crippen LogP contribution in [0.5, 0.6) is 0 Å². The summed E-state index contributed by atoms with van der Waals surface area (Å²) in [7, 11) is 0. The van der Waals surface area contributed by atoms with Gasteiger partial charge in [0, 0.05) is 24.8 Å². The van der Waals surface area contributed by atoms with Crippen LogP contribution in [0.3, 0.4) is 0 Å². The number of rotatable bonds is 11. The molecule has 0 bridgehead atoms. The molecule has 15 heteroatoms. The molecule has 0 unspecified atom stereocenters. The predicted molar refractivity (Wildman–Crippen MR) is 202 cm³/mol. The lowest BCUT2D eigenvalue weighted by Gasteiger charge is -2.35. The minimum Gasteiger partial charge on any atom is -0.461 e. The molecular weight excluding hydrogens is 724 g/mol. The van der Waals surface area contributed by atoms with Crippen LogP contribution in [0.15, 0.2) is 72.8 Å². The summed E-state index contributed by atoms with van der Waals surface area (Å²) in [5.41, 5.74) is 0.217. The third-order valence-corrected chi connectivity index (χ3v) is 7.81. The molecule has 0 saturated carbocycles. The standard InChI is InChI=1S/C41H46N4O11/c1-26(46)54-34(35-37(49)44(18-19-52-35)32-15-11-14-28(20-32)21-33(47)53-25-27-12-9-8-10-13-27)36(48)43-31-17-16-29(23-42)30(22-31)24-45(38(50)55-40(2,3)4)39(51)56-41(5,6)7/h8-17,20,22,34-35H,18-19,21,24-25H2,1-7H3,(H,43,48)/t34-,35-/m1/s1. The van der Waals surface area contributed by atoms with E-state index in [1.54, 1.807) is 65.8 Å². The molecule has 0 spiro atoms. The molecule has 0 aliphatic carbocycles. The Morgan fingerprint density at radius 3 is 2.16 bits per heavy atom. The van der Waals surface area contributed by atoms with Crippen molar-refractivity contribution >= 4 is 47.3 Å². The first kappa shape index (κ1) is 42.5. The number of benzene rings is 3. The Balaban J connectivity index is 1.53. The molecule has 4 rings (SSSR count). The van der Waals surface area contributed by atoms with E-state index in [0.29, 0.717) is 16.2 Å². The van der Waals surface area contributed by atoms with Crippen LogP contribution in [-0.2, 0) is 62.4 Å². The van der Waals surface area contributed by atoms with Gasteiger partial charge >= 0.3 is 24.1 Å². The lowest BCUT2D eigenvalue weighted by atomic mass is 10.1. The first-order chi connectivity index (χ1) is 26.3. The molecule has 4 amide bonds. The molecule has 0 aromatic heterocycles. The molecule has 296 valence electrons. The van der Waals surface area contributed by atoms with Crippen molar-refractivity contribution < 1.29 is 52.5 Å². The SMILES string of the molecule is CC(=O)O[C@@H](C(=O)Nc1ccc(C#N)c(CN(C(=O)OC(C)(C)C)C(=O)OC(C)(C)C)c1)[C@H]1OCCN(c2cccc(CC(=O)OCc3ccccc3)c2)C1=O. The minimum absolute atomic E-state index is 0.0169. The molecule has 1 saturated heterocycles. The number of hydrogen-bond acceptors (Lipinski definition) is 12. The van der Waals surface area contributed by atoms with Crippen molar-refractivity contribution in [1.29, 1.82) is 5.26 Å². The molecule has 3 aromatic rings. The first-order valence-corrected chi connectivity index (χ1v) is 17.8. The van der Waals surface area contributed by atoms with Crippen LogP contribution in [0.1, 0.15) is 70.7 Å². The predicted octanol–water partition coefficient (Wildman–Crippen LogP) is 5.82. The van der Waals surface area contributed by atoms with Gasteiger partial charge in [0.25, 0.3) is 11.8 Å². The van der Waals surface area contributed by atoms with Crippen LogP contribution in [0.2, 0.25) is 0 Å². The Morgan fingerprint density at radius 1 is 0.911 bits per heavy atom. The first-order valence-electron chi connectivity index (χ1n) is 17.8. The molecule has 1 aliphatic heterocycles. The van der Waals surface area contributed by atoms with E-state index in [4.69, 9.17) is 23.7 Å². The summed E-state index contributed by atoms with van der Waals surface area (Å²) in [6.45, 7) is 10.6. The maximum Gasteiger partial charge on any atom is 0.420 e. The largest absolute Gasteiger partial charge is 0.461 e. The fourth-order valence-electron chi connectivity index (χ4n) is 5.43. The Morgan fingerprint density at radius 2 is 1.55 bits per heavy atom. The van der Waals surface area contributed by atoms with E-state index in [-0.39, 0.29) is 43.0 Å². The summed E-state index contributed by atoms with van der Waals surface area (Å²) in [4.78, 5) is 80.9. The zero-order valence-electron chi connectivity index (χ0n) is 32.5. The Hall–Kier alpha value is -6.27. The normalized spacial score (nSPS) is 14.8. The van der Waals surface area contributed by atoms with E-state index in [2.05, 4.69) is 5.32 Å². The van der Waals surface area contributed by atoms with Gasteiger partial charge in [-0.2, -0.15) is 5.26 Å². The highest BCUT2D eigenvalue weighted by atomic mass is 16.6. The van der Waals surface area contributed by atoms with Crippen molar-refractivity contribution in [2.24, 2.45) is 0 Å². The molecule has 1 N–H and O–H groups in total. The number of ether oxygens (including phenoxy) is 5. The second kappa shape index (κ2) is 18.4. The van der Waals surface area contributed by atoms with Gasteiger partial charge in [0.15, 0.2) is 6.10 Å². The number of carbonyl (C=O) groups excluding carboxylic acids is 6. The number of esters is 2. The number of nitriles is 1. The summed E-state index contributed by atoms with van der Waals surface area (Å²) >= 11 is 0. The number of anilines is 2. The van der Waals surface area contributed by atoms with Gasteiger partial charge in [0.2, 0.25) is 6.10 Å². The molecule has 3 aromatic carbocycles. The van der Waals surface area contributed by atoms with Crippen molar-refractivity contribution in [1.82, 2.24) is 4.90 Å². The van der Waals surface area contributed by atoms with Gasteiger partial charge in [0.1, 0.15) is 17.8 Å². The minimum atomic E-state index is -1.75. The summed E-state index contributed by atoms with van der Waals surface area (Å²) < 4.78 is 27.3. The van der Waals surface area contributed by atoms with Gasteiger partial charge in [0.05, 0.1) is 31.2 Å². The monoisotopic (exact) mass is 770 g/mol. The van der Waals surface area contributed by atoms with Gasteiger partial charge in [-0.1, -0.05) is 42.5 Å². The van der Waals surface area contributed by atoms with Crippen LogP contribution >= 0.6 is 0 Å². The third-order valence-electron chi connectivity index (χ3n) is 7.81. The highest BCUT2D eigenvalue weighted by Crippen LogP contribution is 2.26. The number of morpholine rings is 1. The Labute approximate surface area is 325 Å². The second-order valence-electron chi connectivity index (χ2n) is 14.8. The number of imide groups is 1. The van der Waals surface area contributed by atoms with Gasteiger partial charge in [-0.15, -0.1) is 0 Å². The maximum absolute atomic E-state index is 13.9. The maximum atomic E-state index is 13.9. The van der Waals surface area contributed by atoms with E-state index < -0.39 is 65.9 Å². The average Bonchev–Trinajstić information content (AvgIpc) is 3.11. The van der Waals surface area contributed by atoms with Crippen molar-refractivity contribution in [2.75, 3.05) is 23.4 Å². The van der Waals surface area contributed by atoms with E-state index in [1.165, 1.54) is 23.1 Å². The molecular formula is C41H46N4O11. The van der Waals surface area contributed by atoms with Crippen LogP contribution < -0.4 is 10.2 Å². The van der Waals surface area contributed by atoms with E-state index in [1.807, 2.05) is 36.4 Å². The lowest BCUT2D eigenvalue weighted by molar-refractivity contribution is -0.167. The molecule has 56 heavy (non-hydrogen) atoms. The van der Waals surface area contributed by atoms with Crippen molar-refractivity contribution in [3.63, 3.8) is 0 Å². The van der Waals surface area contributed by atoms with Crippen LogP contribution in [0, 0.1) is 11.3 Å². The third kappa shape index (κ3) is 12.4. The second-order valence-corrected chi connectivity index (χ2v) is 14.8. The van der Waals surface area contributed by atoms with Gasteiger partial charge in [-0.25, -0.2) is 14.5 Å². The zero-order chi connectivity index (χ0) is 41.2. The summed E-state index contributed by atoms with van der Waals surface area (Å²) in [5.74, 6) is -2.92. The highest BCUT2D eigenvalue weighted by molar-refractivity contribution is 6.04. The summed E-state index contributed by atoms with van der Waals surface area (Å²) in [6, 6.07) is 22.1. The van der Waals surface area contributed by atoms with Gasteiger partial charge in [-0.05, 0) is 88.6 Å². The van der Waals surface area contributed by atoms with Crippen molar-refractivity contribution in [3.05, 3.63) is 95.1 Å². The van der Waals surface area contributed by atoms with Crippen molar-refractivity contribution in [3.8, 4) is 6.07 Å². The number of carbonyl (C=O) groups is 6. The molecule has 15 nitrogen and oxygen atoms in total. The van der Waals surface area contributed by atoms with Crippen molar-refractivity contribution in [2.45, 2.75) is 91.4 Å². The van der Waals surface area contributed by atoms with Crippen LogP contribution in [-0.4, -0.2) is 77.4 Å². The molecule has 1 aliphatic rings. The van der Waals surface area contributed by atoms with E-state index in [9.17, 15) is 34.0 Å². The molecule has 0 radical (unpaired) electrons. The lowest BCUT2D eigenvalue weighted by Crippen LogP contribution is -2.56. The number of nitrogens with zero attached hydrogens (tertiary/aromatic N) is 3. The van der Waals surface area contributed by atoms with Gasteiger partial charge < -0.3 is 33.9 Å². The van der Waals surface area contributed by atoms with Gasteiger partial charge in [-0.3, -0.25) is 19.2 Å². The highest BCUT2D eigenvalue weighted by Gasteiger charge is 2.43. The fourth-order valence-corrected chi connectivity index (χ4v) is 5.43. The van der Waals surface area contributed by atoms with Crippen LogP contribution in [0.25, 0.3) is 0 Å². The average molecular weight is 771 g/mol. The Bertz CT molecular complexity index is 1950. The van der Waals surface area contributed by atoms with E-state index in [0.717, 1.165) is 12.5 Å². The van der Waals surface area contributed by atoms with E-state index >= 15 is 0 Å². The fraction of sp³-hybridized carbons (Fsp3) is 0.390. The quantitative estimate of drug-likeness (QED) is 0.182. The molecule has 1 fully saturated rings. The number of nitrogens with one attached hydrogen (secondary N) is 1. The number of hydrogen-bond donors (Lipinski definition) is 1. The summed E-state index contributed by atoms with van der Waals surface area (Å²) in [6.07, 6.45) is -5.41. The smallest absolute Gasteiger partial charge is 0.420 e. The number of amides is 4. The zero-order valence-corrected chi connectivity index (χ0v) is 32.5.